The summed E-state index contributed by atoms with van der Waals surface area (Å²) in [5, 5.41) is 14.5. The summed E-state index contributed by atoms with van der Waals surface area (Å²) in [5.74, 6) is 0.104. The molecular weight excluding hydrogens is 430 g/mol. The van der Waals surface area contributed by atoms with Gasteiger partial charge in [-0.05, 0) is 52.2 Å². The predicted octanol–water partition coefficient (Wildman–Crippen LogP) is 3.97. The molecule has 9 heteroatoms. The number of anilines is 1. The maximum Gasteiger partial charge on any atom is 0.173 e. The third-order valence-corrected chi connectivity index (χ3v) is 6.62. The minimum atomic E-state index is -0.401. The van der Waals surface area contributed by atoms with Gasteiger partial charge in [-0.3, -0.25) is 4.90 Å². The lowest BCUT2D eigenvalue weighted by atomic mass is 10.0. The summed E-state index contributed by atoms with van der Waals surface area (Å²) in [6.45, 7) is 3.41. The number of aromatic nitrogens is 4. The van der Waals surface area contributed by atoms with Crippen LogP contribution in [0.15, 0.2) is 66.0 Å². The van der Waals surface area contributed by atoms with Gasteiger partial charge in [0.1, 0.15) is 17.7 Å². The Kier molecular flexibility index (Phi) is 5.91. The molecule has 0 amide bonds. The van der Waals surface area contributed by atoms with Gasteiger partial charge >= 0.3 is 0 Å². The Morgan fingerprint density at radius 3 is 2.41 bits per heavy atom. The first kappa shape index (κ1) is 20.7. The lowest BCUT2D eigenvalue weighted by molar-refractivity contribution is 0.198. The van der Waals surface area contributed by atoms with Crippen LogP contribution in [0.2, 0.25) is 0 Å². The number of benzene rings is 2. The zero-order chi connectivity index (χ0) is 21.9. The molecule has 0 aliphatic carbocycles. The quantitative estimate of drug-likeness (QED) is 0.443. The van der Waals surface area contributed by atoms with Gasteiger partial charge in [-0.2, -0.15) is 0 Å². The van der Waals surface area contributed by atoms with Gasteiger partial charge in [-0.1, -0.05) is 24.3 Å². The van der Waals surface area contributed by atoms with E-state index in [0.29, 0.717) is 31.0 Å². The van der Waals surface area contributed by atoms with E-state index in [1.807, 2.05) is 23.6 Å². The van der Waals surface area contributed by atoms with E-state index < -0.39 is 6.04 Å². The summed E-state index contributed by atoms with van der Waals surface area (Å²) in [5.41, 5.74) is 1.54. The number of tetrazole rings is 1. The standard InChI is InChI=1S/C23H22F2N6S/c24-17-7-9-18(10-8-17)29-11-13-30(14-12-29)22(20-5-1-2-6-21(20)25)23-26-27-28-31(23)16-19-4-3-15-32-19/h1-10,15,22H,11-14,16H2. The molecule has 3 heterocycles. The predicted molar refractivity (Wildman–Crippen MR) is 120 cm³/mol. The molecule has 2 aromatic carbocycles. The molecule has 1 fully saturated rings. The van der Waals surface area contributed by atoms with Crippen LogP contribution >= 0.6 is 11.3 Å². The van der Waals surface area contributed by atoms with Crippen LogP contribution in [0, 0.1) is 11.6 Å². The molecule has 0 bridgehead atoms. The molecule has 164 valence electrons. The van der Waals surface area contributed by atoms with Gasteiger partial charge in [0.25, 0.3) is 0 Å². The second kappa shape index (κ2) is 9.13. The number of rotatable bonds is 6. The first-order chi connectivity index (χ1) is 15.7. The number of nitrogens with zero attached hydrogens (tertiary/aromatic N) is 6. The molecule has 0 radical (unpaired) electrons. The van der Waals surface area contributed by atoms with Crippen molar-refractivity contribution in [1.82, 2.24) is 25.1 Å². The zero-order valence-corrected chi connectivity index (χ0v) is 18.1. The molecule has 4 aromatic rings. The van der Waals surface area contributed by atoms with Crippen molar-refractivity contribution in [2.45, 2.75) is 12.6 Å². The second-order valence-corrected chi connectivity index (χ2v) is 8.73. The van der Waals surface area contributed by atoms with Gasteiger partial charge in [0.2, 0.25) is 0 Å². The highest BCUT2D eigenvalue weighted by molar-refractivity contribution is 7.09. The van der Waals surface area contributed by atoms with Crippen LogP contribution in [0.3, 0.4) is 0 Å². The molecule has 32 heavy (non-hydrogen) atoms. The molecule has 0 saturated carbocycles. The van der Waals surface area contributed by atoms with Crippen LogP contribution in [-0.4, -0.2) is 51.3 Å². The molecule has 2 aromatic heterocycles. The molecule has 1 aliphatic rings. The Morgan fingerprint density at radius 1 is 0.906 bits per heavy atom. The Balaban J connectivity index is 1.43. The van der Waals surface area contributed by atoms with Gasteiger partial charge in [0, 0.05) is 42.3 Å². The van der Waals surface area contributed by atoms with Crippen LogP contribution < -0.4 is 4.90 Å². The third-order valence-electron chi connectivity index (χ3n) is 5.76. The topological polar surface area (TPSA) is 50.1 Å². The maximum atomic E-state index is 14.9. The highest BCUT2D eigenvalue weighted by atomic mass is 32.1. The summed E-state index contributed by atoms with van der Waals surface area (Å²) in [6.07, 6.45) is 0. The van der Waals surface area contributed by atoms with Crippen molar-refractivity contribution >= 4 is 17.0 Å². The molecule has 5 rings (SSSR count). The minimum Gasteiger partial charge on any atom is -0.369 e. The number of halogens is 2. The Morgan fingerprint density at radius 2 is 1.69 bits per heavy atom. The molecule has 0 N–H and O–H groups in total. The summed E-state index contributed by atoms with van der Waals surface area (Å²) >= 11 is 1.64. The lowest BCUT2D eigenvalue weighted by Gasteiger charge is -2.40. The zero-order valence-electron chi connectivity index (χ0n) is 17.3. The van der Waals surface area contributed by atoms with Crippen molar-refractivity contribution in [3.63, 3.8) is 0 Å². The molecule has 1 saturated heterocycles. The smallest absolute Gasteiger partial charge is 0.173 e. The Bertz CT molecular complexity index is 1150. The van der Waals surface area contributed by atoms with Crippen molar-refractivity contribution in [1.29, 1.82) is 0 Å². The molecule has 1 unspecified atom stereocenters. The van der Waals surface area contributed by atoms with Crippen LogP contribution in [-0.2, 0) is 6.54 Å². The van der Waals surface area contributed by atoms with Gasteiger partial charge in [0.05, 0.1) is 6.54 Å². The average Bonchev–Trinajstić information content (AvgIpc) is 3.49. The maximum absolute atomic E-state index is 14.9. The van der Waals surface area contributed by atoms with E-state index in [2.05, 4.69) is 25.3 Å². The lowest BCUT2D eigenvalue weighted by Crippen LogP contribution is -2.48. The van der Waals surface area contributed by atoms with Gasteiger partial charge in [-0.25, -0.2) is 13.5 Å². The van der Waals surface area contributed by atoms with Crippen LogP contribution in [0.1, 0.15) is 22.3 Å². The molecule has 6 nitrogen and oxygen atoms in total. The van der Waals surface area contributed by atoms with Gasteiger partial charge in [-0.15, -0.1) is 16.4 Å². The van der Waals surface area contributed by atoms with Gasteiger partial charge < -0.3 is 4.90 Å². The molecule has 1 aliphatic heterocycles. The molecule has 1 atom stereocenters. The highest BCUT2D eigenvalue weighted by Gasteiger charge is 2.32. The molecular formula is C23H22F2N6S. The number of hydrogen-bond donors (Lipinski definition) is 0. The monoisotopic (exact) mass is 452 g/mol. The van der Waals surface area contributed by atoms with Crippen molar-refractivity contribution in [3.05, 3.63) is 93.9 Å². The summed E-state index contributed by atoms with van der Waals surface area (Å²) < 4.78 is 30.0. The van der Waals surface area contributed by atoms with Crippen molar-refractivity contribution in [2.75, 3.05) is 31.1 Å². The van der Waals surface area contributed by atoms with Crippen LogP contribution in [0.5, 0.6) is 0 Å². The van der Waals surface area contributed by atoms with E-state index in [1.54, 1.807) is 40.3 Å². The fraction of sp³-hybridized carbons (Fsp3) is 0.261. The second-order valence-electron chi connectivity index (χ2n) is 7.70. The first-order valence-electron chi connectivity index (χ1n) is 10.5. The van der Waals surface area contributed by atoms with E-state index in [0.717, 1.165) is 23.7 Å². The van der Waals surface area contributed by atoms with Gasteiger partial charge in [0.15, 0.2) is 5.82 Å². The SMILES string of the molecule is Fc1ccc(N2CCN(C(c3ccccc3F)c3nnnn3Cc3cccs3)CC2)cc1. The number of hydrogen-bond acceptors (Lipinski definition) is 6. The Labute approximate surface area is 188 Å². The van der Waals surface area contributed by atoms with E-state index in [4.69, 9.17) is 0 Å². The van der Waals surface area contributed by atoms with Crippen molar-refractivity contribution in [2.24, 2.45) is 0 Å². The number of thiophene rings is 1. The summed E-state index contributed by atoms with van der Waals surface area (Å²) in [7, 11) is 0. The van der Waals surface area contributed by atoms with Crippen LogP contribution in [0.25, 0.3) is 0 Å². The third kappa shape index (κ3) is 4.26. The first-order valence-corrected chi connectivity index (χ1v) is 11.3. The van der Waals surface area contributed by atoms with E-state index >= 15 is 0 Å². The normalized spacial score (nSPS) is 15.8. The van der Waals surface area contributed by atoms with E-state index in [-0.39, 0.29) is 11.6 Å². The Hall–Kier alpha value is -3.17. The summed E-state index contributed by atoms with van der Waals surface area (Å²) in [4.78, 5) is 5.56. The highest BCUT2D eigenvalue weighted by Crippen LogP contribution is 2.31. The number of piperazine rings is 1. The largest absolute Gasteiger partial charge is 0.369 e. The van der Waals surface area contributed by atoms with E-state index in [1.165, 1.54) is 18.2 Å². The fourth-order valence-corrected chi connectivity index (χ4v) is 4.84. The average molecular weight is 453 g/mol. The van der Waals surface area contributed by atoms with Crippen molar-refractivity contribution in [3.8, 4) is 0 Å². The summed E-state index contributed by atoms with van der Waals surface area (Å²) in [6, 6.07) is 17.0. The fourth-order valence-electron chi connectivity index (χ4n) is 4.16. The van der Waals surface area contributed by atoms with Crippen molar-refractivity contribution < 1.29 is 8.78 Å². The van der Waals surface area contributed by atoms with E-state index in [9.17, 15) is 8.78 Å². The molecule has 0 spiro atoms. The minimum absolute atomic E-state index is 0.246. The van der Waals surface area contributed by atoms with Crippen LogP contribution in [0.4, 0.5) is 14.5 Å².